The van der Waals surface area contributed by atoms with Gasteiger partial charge in [-0.15, -0.1) is 0 Å². The minimum atomic E-state index is 0.553. The summed E-state index contributed by atoms with van der Waals surface area (Å²) >= 11 is 2.24. The molecule has 0 aliphatic rings. The predicted molar refractivity (Wildman–Crippen MR) is 84.9 cm³/mol. The van der Waals surface area contributed by atoms with Gasteiger partial charge < -0.3 is 0 Å². The van der Waals surface area contributed by atoms with E-state index in [1.807, 2.05) is 42.5 Å². The smallest absolute Gasteiger partial charge is 0.153 e. The van der Waals surface area contributed by atoms with Crippen LogP contribution in [0.2, 0.25) is 0 Å². The number of halogens is 1. The Kier molecular flexibility index (Phi) is 3.60. The first-order chi connectivity index (χ1) is 9.78. The molecule has 0 amide bonds. The topological polar surface area (TPSA) is 47.8 Å². The van der Waals surface area contributed by atoms with E-state index in [4.69, 9.17) is 0 Å². The molecule has 4 nitrogen and oxygen atoms in total. The molecule has 20 heavy (non-hydrogen) atoms. The molecule has 0 bridgehead atoms. The average Bonchev–Trinajstić information content (AvgIpc) is 2.93. The van der Waals surface area contributed by atoms with Crippen LogP contribution in [-0.2, 0) is 0 Å². The van der Waals surface area contributed by atoms with Gasteiger partial charge in [0.1, 0.15) is 5.69 Å². The summed E-state index contributed by atoms with van der Waals surface area (Å²) in [6.07, 6.45) is 4.21. The lowest BCUT2D eigenvalue weighted by molar-refractivity contribution is 0.112. The second-order valence-corrected chi connectivity index (χ2v) is 5.44. The Labute approximate surface area is 129 Å². The second kappa shape index (κ2) is 5.54. The number of nitrogens with zero attached hydrogens (tertiary/aromatic N) is 3. The van der Waals surface area contributed by atoms with Gasteiger partial charge in [0.15, 0.2) is 12.1 Å². The lowest BCUT2D eigenvalue weighted by Crippen LogP contribution is -1.97. The second-order valence-electron chi connectivity index (χ2n) is 4.19. The number of hydrogen-bond acceptors (Lipinski definition) is 3. The summed E-state index contributed by atoms with van der Waals surface area (Å²) in [5, 5.41) is 4.47. The highest BCUT2D eigenvalue weighted by molar-refractivity contribution is 14.1. The van der Waals surface area contributed by atoms with E-state index in [0.29, 0.717) is 17.1 Å². The summed E-state index contributed by atoms with van der Waals surface area (Å²) in [5.74, 6) is 0.687. The molecular formula is C15H10IN3O. The third kappa shape index (κ3) is 2.49. The lowest BCUT2D eigenvalue weighted by atomic mass is 10.1. The first kappa shape index (κ1) is 13.0. The molecule has 0 unspecified atom stereocenters. The summed E-state index contributed by atoms with van der Waals surface area (Å²) in [5.41, 5.74) is 2.14. The van der Waals surface area contributed by atoms with Gasteiger partial charge in [-0.3, -0.25) is 4.79 Å². The Balaban J connectivity index is 2.10. The van der Waals surface area contributed by atoms with E-state index in [1.54, 1.807) is 17.1 Å². The van der Waals surface area contributed by atoms with Crippen LogP contribution < -0.4 is 0 Å². The molecule has 0 saturated carbocycles. The van der Waals surface area contributed by atoms with Crippen molar-refractivity contribution < 1.29 is 4.79 Å². The van der Waals surface area contributed by atoms with E-state index in [2.05, 4.69) is 32.7 Å². The van der Waals surface area contributed by atoms with Crippen molar-refractivity contribution in [2.24, 2.45) is 0 Å². The first-order valence-electron chi connectivity index (χ1n) is 6.00. The highest BCUT2D eigenvalue weighted by atomic mass is 127. The first-order valence-corrected chi connectivity index (χ1v) is 7.08. The third-order valence-electron chi connectivity index (χ3n) is 2.87. The minimum absolute atomic E-state index is 0.553. The van der Waals surface area contributed by atoms with Gasteiger partial charge in [-0.2, -0.15) is 5.10 Å². The largest absolute Gasteiger partial charge is 0.298 e. The maximum absolute atomic E-state index is 11.2. The van der Waals surface area contributed by atoms with Gasteiger partial charge in [0, 0.05) is 21.5 Å². The Morgan fingerprint density at radius 2 is 1.90 bits per heavy atom. The van der Waals surface area contributed by atoms with Crippen LogP contribution in [0.25, 0.3) is 17.1 Å². The lowest BCUT2D eigenvalue weighted by Gasteiger charge is -1.99. The van der Waals surface area contributed by atoms with E-state index in [1.165, 1.54) is 0 Å². The SMILES string of the molecule is O=Cc1cn(-c2ccccn2)nc1-c1ccc(I)cc1. The molecule has 5 heteroatoms. The zero-order chi connectivity index (χ0) is 13.9. The van der Waals surface area contributed by atoms with Crippen LogP contribution in [0.3, 0.4) is 0 Å². The molecule has 0 saturated heterocycles. The molecule has 98 valence electrons. The van der Waals surface area contributed by atoms with E-state index in [0.717, 1.165) is 15.4 Å². The number of rotatable bonds is 3. The van der Waals surface area contributed by atoms with Crippen molar-refractivity contribution in [2.75, 3.05) is 0 Å². The summed E-state index contributed by atoms with van der Waals surface area (Å²) in [6, 6.07) is 13.5. The molecule has 0 aliphatic carbocycles. The highest BCUT2D eigenvalue weighted by Gasteiger charge is 2.11. The number of carbonyl (C=O) groups excluding carboxylic acids is 1. The van der Waals surface area contributed by atoms with E-state index >= 15 is 0 Å². The van der Waals surface area contributed by atoms with Crippen molar-refractivity contribution in [3.63, 3.8) is 0 Å². The van der Waals surface area contributed by atoms with E-state index in [-0.39, 0.29) is 0 Å². The molecule has 0 aliphatic heterocycles. The molecule has 0 N–H and O–H groups in total. The molecule has 3 rings (SSSR count). The fourth-order valence-electron chi connectivity index (χ4n) is 1.91. The van der Waals surface area contributed by atoms with Crippen molar-refractivity contribution in [3.8, 4) is 17.1 Å². The van der Waals surface area contributed by atoms with Gasteiger partial charge in [0.05, 0.1) is 5.56 Å². The normalized spacial score (nSPS) is 10.4. The van der Waals surface area contributed by atoms with E-state index < -0.39 is 0 Å². The molecule has 2 heterocycles. The molecule has 1 aromatic carbocycles. The summed E-state index contributed by atoms with van der Waals surface area (Å²) in [4.78, 5) is 15.5. The van der Waals surface area contributed by atoms with Crippen LogP contribution in [0.4, 0.5) is 0 Å². The molecule has 0 radical (unpaired) electrons. The van der Waals surface area contributed by atoms with Crippen LogP contribution in [0, 0.1) is 3.57 Å². The van der Waals surface area contributed by atoms with Crippen molar-refractivity contribution >= 4 is 28.9 Å². The number of aldehydes is 1. The van der Waals surface area contributed by atoms with Crippen LogP contribution in [-0.4, -0.2) is 21.1 Å². The Morgan fingerprint density at radius 1 is 1.10 bits per heavy atom. The van der Waals surface area contributed by atoms with Crippen molar-refractivity contribution in [3.05, 3.63) is 64.0 Å². The molecule has 0 fully saturated rings. The highest BCUT2D eigenvalue weighted by Crippen LogP contribution is 2.23. The number of pyridine rings is 1. The third-order valence-corrected chi connectivity index (χ3v) is 3.59. The monoisotopic (exact) mass is 375 g/mol. The molecule has 3 aromatic rings. The maximum Gasteiger partial charge on any atom is 0.153 e. The van der Waals surface area contributed by atoms with Crippen LogP contribution in [0.15, 0.2) is 54.9 Å². The molecule has 0 atom stereocenters. The van der Waals surface area contributed by atoms with Crippen molar-refractivity contribution in [1.82, 2.24) is 14.8 Å². The summed E-state index contributed by atoms with van der Waals surface area (Å²) in [7, 11) is 0. The zero-order valence-corrected chi connectivity index (χ0v) is 12.6. The minimum Gasteiger partial charge on any atom is -0.298 e. The average molecular weight is 375 g/mol. The number of benzene rings is 1. The Bertz CT molecular complexity index is 736. The van der Waals surface area contributed by atoms with Gasteiger partial charge in [-0.25, -0.2) is 9.67 Å². The van der Waals surface area contributed by atoms with Gasteiger partial charge >= 0.3 is 0 Å². The molecule has 2 aromatic heterocycles. The summed E-state index contributed by atoms with van der Waals surface area (Å²) < 4.78 is 2.76. The van der Waals surface area contributed by atoms with Gasteiger partial charge in [-0.1, -0.05) is 18.2 Å². The fourth-order valence-corrected chi connectivity index (χ4v) is 2.27. The Morgan fingerprint density at radius 3 is 2.55 bits per heavy atom. The maximum atomic E-state index is 11.2. The predicted octanol–water partition coefficient (Wildman–Crippen LogP) is 3.35. The van der Waals surface area contributed by atoms with Crippen LogP contribution >= 0.6 is 22.6 Å². The standard InChI is InChI=1S/C15H10IN3O/c16-13-6-4-11(5-7-13)15-12(10-20)9-19(18-15)14-3-1-2-8-17-14/h1-10H. The van der Waals surface area contributed by atoms with Crippen LogP contribution in [0.5, 0.6) is 0 Å². The zero-order valence-electron chi connectivity index (χ0n) is 10.4. The van der Waals surface area contributed by atoms with Crippen molar-refractivity contribution in [2.45, 2.75) is 0 Å². The van der Waals surface area contributed by atoms with Crippen molar-refractivity contribution in [1.29, 1.82) is 0 Å². The van der Waals surface area contributed by atoms with Crippen LogP contribution in [0.1, 0.15) is 10.4 Å². The number of aromatic nitrogens is 3. The quantitative estimate of drug-likeness (QED) is 0.521. The fraction of sp³-hybridized carbons (Fsp3) is 0. The van der Waals surface area contributed by atoms with E-state index in [9.17, 15) is 4.79 Å². The number of hydrogen-bond donors (Lipinski definition) is 0. The summed E-state index contributed by atoms with van der Waals surface area (Å²) in [6.45, 7) is 0. The molecular weight excluding hydrogens is 365 g/mol. The molecule has 0 spiro atoms. The van der Waals surface area contributed by atoms with Gasteiger partial charge in [0.25, 0.3) is 0 Å². The number of carbonyl (C=O) groups is 1. The van der Waals surface area contributed by atoms with Gasteiger partial charge in [0.2, 0.25) is 0 Å². The van der Waals surface area contributed by atoms with Gasteiger partial charge in [-0.05, 0) is 46.9 Å². The Hall–Kier alpha value is -2.02.